The normalized spacial score (nSPS) is 12.1. The fourth-order valence-electron chi connectivity index (χ4n) is 15.7. The number of aromatic amines is 3. The Morgan fingerprint density at radius 3 is 1.07 bits per heavy atom. The molecule has 10 N–H and O–H groups in total. The van der Waals surface area contributed by atoms with Crippen molar-refractivity contribution in [2.45, 2.75) is 46.4 Å². The fraction of sp³-hybridized carbons (Fsp3) is 0.198. The third kappa shape index (κ3) is 27.8. The van der Waals surface area contributed by atoms with E-state index in [1.165, 1.54) is 117 Å². The van der Waals surface area contributed by atoms with Crippen LogP contribution in [0.2, 0.25) is 0 Å². The number of ether oxygens (including phenoxy) is 3. The fourth-order valence-corrected chi connectivity index (χ4v) is 15.7. The Labute approximate surface area is 858 Å². The first-order valence-corrected chi connectivity index (χ1v) is 44.9. The number of halogens is 4. The summed E-state index contributed by atoms with van der Waals surface area (Å²) in [6, 6.07) is 51.0. The summed E-state index contributed by atoms with van der Waals surface area (Å²) >= 11 is 0. The average Bonchev–Trinajstić information content (AvgIpc) is 1.66. The molecule has 0 saturated carbocycles. The molecule has 8 aromatic carbocycles. The zero-order chi connectivity index (χ0) is 104. The molecule has 42 nitrogen and oxygen atoms in total. The summed E-state index contributed by atoms with van der Waals surface area (Å²) in [5.74, 6) is -5.14. The third-order valence-electron chi connectivity index (χ3n) is 23.0. The standard InChI is InChI=1S/C26H24FN7O2.C22H16FN5O3.C21H14FN5O3.C15H14N4O4.C7H6FNO.C5H12N2.C4H6O3.CH4O.Na.H2O/c1-31-8-10-32(11-9-31)25(35)16-33-7-6-17-13-20(3-5-24(17)33)34-15-23(29-30-34)21-14-18-12-19(27)2-4-22(18)28-26(21)36;1-31-21(29)12-27-7-6-13-9-16(3-5-20(13)27)28-11-19(25-26-28)17-10-14-8-15(23)2-4-18(14)24-22(17)30;22-14-1-3-17-13(7-14)9-16(21(30)23-17)18-10-27(25-24-18)15-2-4-19-12(8-15)5-6-26(19)11-20(28)29;1-23-15(22)9-18-5-4-10-6-12(2-3-13(10)18)19-8-11(16-17-19)7-14(20)21;8-6-1-2-7(9)5(3-6)4-10;1-7-4-2-6-3-5-7;1-3(5)7-4(2)6;1-2;;/h2-7,12-15H,8-11,16H2,1H3,(H,28,36);2-11H,12H2,1H3,(H,24,30);1-10H,11H2,(H,23,30)(H,28,29);2-6,8H,7,9H2,1H3,(H,20,21);1-4H,9H2;6H,2-5H2,1H3;1-2H3;2H,1H3;;1H2/q;;;;;;;;+1;/p-1. The van der Waals surface area contributed by atoms with Crippen molar-refractivity contribution in [2.75, 3.05) is 93.5 Å². The number of rotatable bonds is 18. The van der Waals surface area contributed by atoms with Crippen molar-refractivity contribution in [3.05, 3.63) is 303 Å². The number of fused-ring (bicyclic) bond motifs is 7. The Morgan fingerprint density at radius 1 is 0.412 bits per heavy atom. The predicted octanol–water partition coefficient (Wildman–Crippen LogP) is 6.94. The summed E-state index contributed by atoms with van der Waals surface area (Å²) < 4.78 is 79.8. The number of benzene rings is 8. The number of aldehydes is 1. The number of hydrogen-bond acceptors (Lipinski definition) is 28. The van der Waals surface area contributed by atoms with Crippen LogP contribution in [0.4, 0.5) is 23.2 Å². The first-order chi connectivity index (χ1) is 70.2. The van der Waals surface area contributed by atoms with Crippen molar-refractivity contribution in [3.8, 4) is 56.5 Å². The van der Waals surface area contributed by atoms with Crippen molar-refractivity contribution in [3.63, 3.8) is 0 Å². The summed E-state index contributed by atoms with van der Waals surface area (Å²) in [5.41, 5.74) is 15.3. The summed E-state index contributed by atoms with van der Waals surface area (Å²) in [4.78, 5) is 139. The van der Waals surface area contributed by atoms with Crippen LogP contribution >= 0.6 is 0 Å². The van der Waals surface area contributed by atoms with Gasteiger partial charge in [-0.15, -0.1) is 20.4 Å². The molecule has 0 spiro atoms. The van der Waals surface area contributed by atoms with Gasteiger partial charge in [0.05, 0.1) is 90.6 Å². The van der Waals surface area contributed by atoms with Gasteiger partial charge in [-0.05, 0) is 202 Å². The van der Waals surface area contributed by atoms with Crippen LogP contribution in [0.5, 0.6) is 0 Å². The molecule has 0 unspecified atom stereocenters. The topological polar surface area (TPSA) is 544 Å². The van der Waals surface area contributed by atoms with Gasteiger partial charge in [-0.2, -0.15) is 0 Å². The van der Waals surface area contributed by atoms with E-state index in [1.807, 2.05) is 113 Å². The zero-order valence-corrected chi connectivity index (χ0v) is 82.9. The van der Waals surface area contributed by atoms with Gasteiger partial charge in [0.25, 0.3) is 16.7 Å². The second-order valence-corrected chi connectivity index (χ2v) is 33.1. The van der Waals surface area contributed by atoms with Gasteiger partial charge in [-0.1, -0.05) is 20.9 Å². The second kappa shape index (κ2) is 50.2. The van der Waals surface area contributed by atoms with Gasteiger partial charge in [0.2, 0.25) is 5.91 Å². The van der Waals surface area contributed by atoms with Gasteiger partial charge in [0.1, 0.15) is 66.5 Å². The molecule has 21 rings (SSSR count). The first kappa shape index (κ1) is 109. The average molecular weight is 2030 g/mol. The second-order valence-electron chi connectivity index (χ2n) is 33.1. The van der Waals surface area contributed by atoms with Crippen molar-refractivity contribution < 1.29 is 120 Å². The number of aliphatic hydroxyl groups excluding tert-OH is 1. The van der Waals surface area contributed by atoms with Crippen LogP contribution in [0.25, 0.3) is 133 Å². The number of likely N-dealkylation sites (N-methyl/N-ethyl adjacent to an activating group) is 2. The summed E-state index contributed by atoms with van der Waals surface area (Å²) in [6.45, 7) is 10.8. The van der Waals surface area contributed by atoms with Crippen LogP contribution in [0.15, 0.2) is 252 Å². The van der Waals surface area contributed by atoms with E-state index in [1.54, 1.807) is 84.4 Å². The van der Waals surface area contributed by atoms with E-state index < -0.39 is 35.5 Å². The van der Waals surface area contributed by atoms with Crippen molar-refractivity contribution >= 4 is 130 Å². The molecular weight excluding hydrogens is 1940 g/mol. The number of H-pyrrole nitrogens is 3. The number of nitrogens with two attached hydrogens (primary N) is 1. The molecule has 19 aromatic rings. The number of pyridine rings is 3. The molecule has 2 aliphatic rings. The van der Waals surface area contributed by atoms with Crippen LogP contribution in [0.3, 0.4) is 0 Å². The molecule has 13 heterocycles. The molecule has 11 aromatic heterocycles. The van der Waals surface area contributed by atoms with Crippen LogP contribution in [-0.4, -0.2) is 264 Å². The van der Waals surface area contributed by atoms with Gasteiger partial charge < -0.3 is 94.0 Å². The molecule has 0 atom stereocenters. The molecule has 47 heteroatoms. The largest absolute Gasteiger partial charge is 1.00 e. The van der Waals surface area contributed by atoms with Crippen LogP contribution in [-0.2, 0) is 80.4 Å². The first-order valence-electron chi connectivity index (χ1n) is 44.9. The Morgan fingerprint density at radius 2 is 0.750 bits per heavy atom. The number of aliphatic hydroxyl groups is 1. The summed E-state index contributed by atoms with van der Waals surface area (Å²) in [5, 5.41) is 66.0. The number of nitrogens with zero attached hydrogens (tertiary/aromatic N) is 19. The maximum absolute atomic E-state index is 13.7. The Balaban J connectivity index is 0.000000162. The number of aromatic nitrogens is 19. The molecule has 0 radical (unpaired) electrons. The van der Waals surface area contributed by atoms with Crippen molar-refractivity contribution in [1.29, 1.82) is 0 Å². The molecule has 1 amide bonds. The van der Waals surface area contributed by atoms with E-state index in [4.69, 9.17) is 25.8 Å². The number of aliphatic carboxylic acids is 2. The molecule has 2 aliphatic heterocycles. The number of esters is 4. The Kier molecular flexibility index (Phi) is 37.1. The quantitative estimate of drug-likeness (QED) is 0.00820. The molecular formula is C101H97F4N24NaO18. The van der Waals surface area contributed by atoms with Gasteiger partial charge >= 0.3 is 65.4 Å². The van der Waals surface area contributed by atoms with Crippen LogP contribution in [0, 0.1) is 23.3 Å². The number of nitrogen functional groups attached to an aromatic ring is 1. The third-order valence-corrected chi connectivity index (χ3v) is 23.0. The minimum atomic E-state index is -0.951. The zero-order valence-electron chi connectivity index (χ0n) is 80.9. The number of piperazine rings is 2. The maximum atomic E-state index is 13.7. The van der Waals surface area contributed by atoms with E-state index in [0.717, 1.165) is 113 Å². The smallest absolute Gasteiger partial charge is 0.870 e. The SMILES string of the molecule is CC(=O)OC(C)=O.CN1CCN(C(=O)Cn2ccc3cc(-n4cc(-c5cc6cc(F)ccc6[nH]c5=O)nn4)ccc32)CC1.CN1CCNCC1.CO.COC(=O)Cn1ccc2cc(-n3cc(-c4cc5cc(F)ccc5[nH]c4=O)nn3)ccc21.COC(=O)Cn1ccc2cc(-n3cc(CC(=O)O)nn3)ccc21.Nc1ccc(F)cc1C=O.O=C(O)Cn1ccc2cc(-n3cc(-c4cc5cc(F)ccc5[nH]c4=O)nn3)ccc21.[Na+].[OH-]. The van der Waals surface area contributed by atoms with E-state index in [0.29, 0.717) is 90.8 Å². The van der Waals surface area contributed by atoms with E-state index in [2.05, 4.69) is 94.9 Å². The number of carbonyl (C=O) groups excluding carboxylic acids is 6. The molecule has 148 heavy (non-hydrogen) atoms. The number of hydrogen-bond donors (Lipinski definition) is 8. The van der Waals surface area contributed by atoms with Gasteiger partial charge in [0.15, 0.2) is 6.29 Å². The number of carboxylic acids is 2. The monoisotopic (exact) mass is 2030 g/mol. The van der Waals surface area contributed by atoms with E-state index in [9.17, 15) is 70.3 Å². The molecule has 0 aliphatic carbocycles. The molecule has 2 fully saturated rings. The summed E-state index contributed by atoms with van der Waals surface area (Å²) in [6.07, 6.45) is 14.1. The minimum absolute atomic E-state index is 0. The van der Waals surface area contributed by atoms with Gasteiger partial charge in [-0.25, -0.2) is 36.3 Å². The van der Waals surface area contributed by atoms with Gasteiger partial charge in [-0.3, -0.25) is 52.7 Å². The summed E-state index contributed by atoms with van der Waals surface area (Å²) in [7, 11) is 7.93. The number of carbonyl (C=O) groups is 8. The van der Waals surface area contributed by atoms with Gasteiger partial charge in [0, 0.05) is 186 Å². The Bertz CT molecular complexity index is 8240. The predicted molar refractivity (Wildman–Crippen MR) is 534 cm³/mol. The minimum Gasteiger partial charge on any atom is -0.870 e. The van der Waals surface area contributed by atoms with E-state index in [-0.39, 0.29) is 118 Å². The van der Waals surface area contributed by atoms with Crippen LogP contribution < -0.4 is 57.3 Å². The number of amides is 1. The number of nitrogens with one attached hydrogen (secondary N) is 4. The van der Waals surface area contributed by atoms with Crippen LogP contribution in [0.1, 0.15) is 29.9 Å². The Hall–Kier alpha value is -17.4. The van der Waals surface area contributed by atoms with Crippen molar-refractivity contribution in [1.82, 2.24) is 113 Å². The number of methoxy groups -OCH3 is 2. The molecule has 2 saturated heterocycles. The number of carboxylic acid groups (broad SMARTS) is 2. The van der Waals surface area contributed by atoms with Crippen molar-refractivity contribution in [2.24, 2.45) is 0 Å². The molecule has 758 valence electrons. The number of anilines is 1. The maximum Gasteiger partial charge on any atom is 1.00 e. The van der Waals surface area contributed by atoms with E-state index >= 15 is 0 Å². The molecule has 0 bridgehead atoms.